The number of hydrogen-bond acceptors (Lipinski definition) is 5. The summed E-state index contributed by atoms with van der Waals surface area (Å²) >= 11 is 0. The van der Waals surface area contributed by atoms with Gasteiger partial charge in [0.05, 0.1) is 6.04 Å². The van der Waals surface area contributed by atoms with Crippen molar-refractivity contribution in [3.63, 3.8) is 0 Å². The van der Waals surface area contributed by atoms with Crippen LogP contribution in [0.1, 0.15) is 35.7 Å². The highest BCUT2D eigenvalue weighted by molar-refractivity contribution is 5.44. The van der Waals surface area contributed by atoms with Crippen LogP contribution in [0.25, 0.3) is 0 Å². The molecule has 0 aromatic carbocycles. The molecule has 0 bridgehead atoms. The molecule has 2 rings (SSSR count). The van der Waals surface area contributed by atoms with E-state index >= 15 is 0 Å². The number of anilines is 2. The molecule has 0 aliphatic heterocycles. The lowest BCUT2D eigenvalue weighted by Crippen LogP contribution is -2.14. The van der Waals surface area contributed by atoms with Crippen molar-refractivity contribution in [2.24, 2.45) is 0 Å². The summed E-state index contributed by atoms with van der Waals surface area (Å²) < 4.78 is 43.5. The zero-order valence-electron chi connectivity index (χ0n) is 11.7. The fourth-order valence-corrected chi connectivity index (χ4v) is 2.06. The Kier molecular flexibility index (Phi) is 3.80. The molecule has 114 valence electrons. The minimum absolute atomic E-state index is 0.0144. The average molecular weight is 300 g/mol. The van der Waals surface area contributed by atoms with E-state index in [1.807, 2.05) is 6.07 Å². The van der Waals surface area contributed by atoms with E-state index in [9.17, 15) is 13.2 Å². The molecule has 2 aromatic rings. The number of nitrogens with two attached hydrogens (primary N) is 1. The van der Waals surface area contributed by atoms with Crippen molar-refractivity contribution < 1.29 is 17.6 Å². The van der Waals surface area contributed by atoms with Crippen LogP contribution in [0.4, 0.5) is 24.9 Å². The number of aryl methyl sites for hydroxylation is 2. The smallest absolute Gasteiger partial charge is 0.433 e. The van der Waals surface area contributed by atoms with E-state index in [2.05, 4.69) is 15.3 Å². The van der Waals surface area contributed by atoms with Gasteiger partial charge in [0.15, 0.2) is 5.69 Å². The molecule has 3 N–H and O–H groups in total. The monoisotopic (exact) mass is 300 g/mol. The molecule has 1 unspecified atom stereocenters. The molecule has 5 nitrogen and oxygen atoms in total. The van der Waals surface area contributed by atoms with Gasteiger partial charge in [-0.25, -0.2) is 4.98 Å². The molecule has 2 heterocycles. The van der Waals surface area contributed by atoms with Crippen LogP contribution in [0.3, 0.4) is 0 Å². The van der Waals surface area contributed by atoms with Gasteiger partial charge in [-0.15, -0.1) is 0 Å². The van der Waals surface area contributed by atoms with Crippen molar-refractivity contribution in [2.45, 2.75) is 33.0 Å². The number of nitrogens with one attached hydrogen (secondary N) is 1. The molecular weight excluding hydrogens is 285 g/mol. The second kappa shape index (κ2) is 5.27. The zero-order valence-corrected chi connectivity index (χ0v) is 11.7. The standard InChI is InChI=1S/C13H15F3N4O/c1-6-4-9(8(3)21-6)7(2)18-11-5-10(13(14,15)16)19-12(17)20-11/h4-5,7H,1-3H3,(H3,17,18,19,20). The van der Waals surface area contributed by atoms with Crippen LogP contribution in [-0.2, 0) is 6.18 Å². The number of alkyl halides is 3. The lowest BCUT2D eigenvalue weighted by atomic mass is 10.1. The molecule has 0 saturated carbocycles. The molecule has 0 radical (unpaired) electrons. The first-order valence-corrected chi connectivity index (χ1v) is 6.22. The Hall–Kier alpha value is -2.25. The summed E-state index contributed by atoms with van der Waals surface area (Å²) in [6, 6.07) is 2.37. The van der Waals surface area contributed by atoms with Gasteiger partial charge >= 0.3 is 6.18 Å². The molecule has 0 fully saturated rings. The van der Waals surface area contributed by atoms with Crippen molar-refractivity contribution in [2.75, 3.05) is 11.1 Å². The molecular formula is C13H15F3N4O. The van der Waals surface area contributed by atoms with Gasteiger partial charge in [-0.3, -0.25) is 0 Å². The summed E-state index contributed by atoms with van der Waals surface area (Å²) in [5.74, 6) is 1.01. The molecule has 0 saturated heterocycles. The average Bonchev–Trinajstić information content (AvgIpc) is 2.66. The number of hydrogen-bond donors (Lipinski definition) is 2. The van der Waals surface area contributed by atoms with Crippen LogP contribution in [0.5, 0.6) is 0 Å². The van der Waals surface area contributed by atoms with E-state index in [0.29, 0.717) is 5.76 Å². The first kappa shape index (κ1) is 15.1. The number of halogens is 3. The molecule has 21 heavy (non-hydrogen) atoms. The number of rotatable bonds is 3. The fraction of sp³-hybridized carbons (Fsp3) is 0.385. The van der Waals surface area contributed by atoms with E-state index in [4.69, 9.17) is 10.2 Å². The third kappa shape index (κ3) is 3.45. The Balaban J connectivity index is 2.27. The maximum Gasteiger partial charge on any atom is 0.433 e. The van der Waals surface area contributed by atoms with E-state index in [1.165, 1.54) is 0 Å². The third-order valence-corrected chi connectivity index (χ3v) is 2.94. The third-order valence-electron chi connectivity index (χ3n) is 2.94. The lowest BCUT2D eigenvalue weighted by molar-refractivity contribution is -0.141. The number of nitrogens with zero attached hydrogens (tertiary/aromatic N) is 2. The first-order valence-electron chi connectivity index (χ1n) is 6.22. The first-order chi connectivity index (χ1) is 9.66. The van der Waals surface area contributed by atoms with E-state index in [-0.39, 0.29) is 11.9 Å². The molecule has 0 aliphatic carbocycles. The largest absolute Gasteiger partial charge is 0.466 e. The van der Waals surface area contributed by atoms with E-state index in [1.54, 1.807) is 20.8 Å². The van der Waals surface area contributed by atoms with Gasteiger partial charge in [-0.1, -0.05) is 0 Å². The zero-order chi connectivity index (χ0) is 15.8. The summed E-state index contributed by atoms with van der Waals surface area (Å²) in [5, 5.41) is 2.87. The topological polar surface area (TPSA) is 77.0 Å². The van der Waals surface area contributed by atoms with E-state index in [0.717, 1.165) is 17.4 Å². The second-order valence-electron chi connectivity index (χ2n) is 4.73. The molecule has 0 spiro atoms. The van der Waals surface area contributed by atoms with Gasteiger partial charge < -0.3 is 15.5 Å². The Morgan fingerprint density at radius 2 is 1.90 bits per heavy atom. The quantitative estimate of drug-likeness (QED) is 0.907. The second-order valence-corrected chi connectivity index (χ2v) is 4.73. The van der Waals surface area contributed by atoms with Crippen molar-refractivity contribution in [3.05, 3.63) is 34.9 Å². The predicted octanol–water partition coefficient (Wildman–Crippen LogP) is 3.46. The van der Waals surface area contributed by atoms with E-state index < -0.39 is 17.8 Å². The fourth-order valence-electron chi connectivity index (χ4n) is 2.06. The van der Waals surface area contributed by atoms with Gasteiger partial charge in [0.2, 0.25) is 5.95 Å². The van der Waals surface area contributed by atoms with Crippen molar-refractivity contribution in [1.29, 1.82) is 0 Å². The number of aromatic nitrogens is 2. The normalized spacial score (nSPS) is 13.2. The summed E-state index contributed by atoms with van der Waals surface area (Å²) in [6.45, 7) is 5.38. The summed E-state index contributed by atoms with van der Waals surface area (Å²) in [4.78, 5) is 6.96. The number of furan rings is 1. The highest BCUT2D eigenvalue weighted by Crippen LogP contribution is 2.30. The molecule has 0 amide bonds. The van der Waals surface area contributed by atoms with Crippen molar-refractivity contribution >= 4 is 11.8 Å². The van der Waals surface area contributed by atoms with Gasteiger partial charge in [0, 0.05) is 11.6 Å². The van der Waals surface area contributed by atoms with Crippen LogP contribution in [0, 0.1) is 13.8 Å². The predicted molar refractivity (Wildman–Crippen MR) is 71.7 cm³/mol. The highest BCUT2D eigenvalue weighted by atomic mass is 19.4. The molecule has 1 atom stereocenters. The van der Waals surface area contributed by atoms with Crippen molar-refractivity contribution in [3.8, 4) is 0 Å². The summed E-state index contributed by atoms with van der Waals surface area (Å²) in [6.07, 6.45) is -4.57. The van der Waals surface area contributed by atoms with Crippen LogP contribution in [0.2, 0.25) is 0 Å². The summed E-state index contributed by atoms with van der Waals surface area (Å²) in [5.41, 5.74) is 5.09. The Morgan fingerprint density at radius 3 is 2.43 bits per heavy atom. The summed E-state index contributed by atoms with van der Waals surface area (Å²) in [7, 11) is 0. The minimum Gasteiger partial charge on any atom is -0.466 e. The SMILES string of the molecule is Cc1cc(C(C)Nc2cc(C(F)(F)F)nc(N)n2)c(C)o1. The van der Waals surface area contributed by atoms with Gasteiger partial charge in [0.1, 0.15) is 17.3 Å². The minimum atomic E-state index is -4.57. The Morgan fingerprint density at radius 1 is 1.24 bits per heavy atom. The molecule has 0 aliphatic rings. The van der Waals surface area contributed by atoms with Crippen molar-refractivity contribution in [1.82, 2.24) is 9.97 Å². The Bertz CT molecular complexity index is 651. The van der Waals surface area contributed by atoms with Gasteiger partial charge in [0.25, 0.3) is 0 Å². The number of nitrogen functional groups attached to an aromatic ring is 1. The highest BCUT2D eigenvalue weighted by Gasteiger charge is 2.33. The Labute approximate surface area is 119 Å². The maximum absolute atomic E-state index is 12.7. The molecule has 8 heteroatoms. The lowest BCUT2D eigenvalue weighted by Gasteiger charge is -2.15. The maximum atomic E-state index is 12.7. The van der Waals surface area contributed by atoms with Crippen LogP contribution >= 0.6 is 0 Å². The van der Waals surface area contributed by atoms with Crippen LogP contribution < -0.4 is 11.1 Å². The van der Waals surface area contributed by atoms with Gasteiger partial charge in [-0.05, 0) is 26.8 Å². The van der Waals surface area contributed by atoms with Gasteiger partial charge in [-0.2, -0.15) is 18.2 Å². The van der Waals surface area contributed by atoms with Crippen LogP contribution in [-0.4, -0.2) is 9.97 Å². The van der Waals surface area contributed by atoms with Crippen LogP contribution in [0.15, 0.2) is 16.5 Å². The molecule has 2 aromatic heterocycles.